The fourth-order valence-electron chi connectivity index (χ4n) is 4.73. The molecule has 148 valence electrons. The highest BCUT2D eigenvalue weighted by Gasteiger charge is 2.63. The Morgan fingerprint density at radius 1 is 1.36 bits per heavy atom. The zero-order valence-corrected chi connectivity index (χ0v) is 15.7. The summed E-state index contributed by atoms with van der Waals surface area (Å²) in [4.78, 5) is 53.3. The van der Waals surface area contributed by atoms with Crippen LogP contribution in [0.2, 0.25) is 0 Å². The van der Waals surface area contributed by atoms with Gasteiger partial charge < -0.3 is 9.80 Å². The third-order valence-electron chi connectivity index (χ3n) is 6.30. The van der Waals surface area contributed by atoms with Crippen molar-refractivity contribution in [2.45, 2.75) is 19.4 Å². The molecule has 0 bridgehead atoms. The van der Waals surface area contributed by atoms with Gasteiger partial charge in [0.2, 0.25) is 11.8 Å². The minimum atomic E-state index is -1.48. The Hall–Kier alpha value is -3.01. The molecule has 1 unspecified atom stereocenters. The van der Waals surface area contributed by atoms with Crippen LogP contribution < -0.4 is 15.1 Å². The van der Waals surface area contributed by atoms with Gasteiger partial charge in [0.1, 0.15) is 6.04 Å². The molecule has 1 spiro atoms. The number of piperazine rings is 1. The number of fused-ring (bicyclic) bond motifs is 4. The van der Waals surface area contributed by atoms with Gasteiger partial charge in [-0.1, -0.05) is 0 Å². The van der Waals surface area contributed by atoms with Gasteiger partial charge in [0.15, 0.2) is 5.41 Å². The molecule has 2 N–H and O–H groups in total. The number of nitrogens with one attached hydrogen (secondary N) is 2. The second-order valence-corrected chi connectivity index (χ2v) is 7.61. The van der Waals surface area contributed by atoms with Crippen molar-refractivity contribution in [3.05, 3.63) is 33.9 Å². The summed E-state index contributed by atoms with van der Waals surface area (Å²) < 4.78 is 0. The monoisotopic (exact) mass is 388 g/mol. The lowest BCUT2D eigenvalue weighted by atomic mass is 9.67. The molecule has 4 amide bonds. The molecule has 3 heterocycles. The lowest BCUT2D eigenvalue weighted by molar-refractivity contribution is -0.902. The Labute approximate surface area is 161 Å². The number of carbonyl (C=O) groups is 3. The van der Waals surface area contributed by atoms with Crippen molar-refractivity contribution in [3.8, 4) is 0 Å². The van der Waals surface area contributed by atoms with E-state index < -0.39 is 34.2 Å². The van der Waals surface area contributed by atoms with Crippen LogP contribution >= 0.6 is 0 Å². The molecule has 2 fully saturated rings. The van der Waals surface area contributed by atoms with E-state index in [2.05, 4.69) is 12.2 Å². The number of likely N-dealkylation sites (N-methyl/N-ethyl adjacent to an activating group) is 1. The molecule has 4 rings (SSSR count). The number of hydrogen-bond acceptors (Lipinski definition) is 6. The molecule has 3 aliphatic rings. The van der Waals surface area contributed by atoms with E-state index in [0.29, 0.717) is 18.7 Å². The van der Waals surface area contributed by atoms with Crippen molar-refractivity contribution in [1.29, 1.82) is 0 Å². The van der Waals surface area contributed by atoms with Gasteiger partial charge in [-0.15, -0.1) is 0 Å². The first-order valence-electron chi connectivity index (χ1n) is 9.30. The first-order valence-corrected chi connectivity index (χ1v) is 9.30. The number of imide groups is 2. The topological polar surface area (TPSA) is 117 Å². The van der Waals surface area contributed by atoms with Crippen LogP contribution in [0.4, 0.5) is 16.2 Å². The molecule has 10 heteroatoms. The van der Waals surface area contributed by atoms with Gasteiger partial charge >= 0.3 is 6.03 Å². The Morgan fingerprint density at radius 2 is 2.11 bits per heavy atom. The normalized spacial score (nSPS) is 29.4. The maximum atomic E-state index is 13.3. The molecule has 10 nitrogen and oxygen atoms in total. The summed E-state index contributed by atoms with van der Waals surface area (Å²) in [5.74, 6) is -1.17. The maximum absolute atomic E-state index is 13.3. The van der Waals surface area contributed by atoms with E-state index in [-0.39, 0.29) is 12.1 Å². The Bertz CT molecular complexity index is 902. The Kier molecular flexibility index (Phi) is 4.11. The number of quaternary nitrogens is 1. The summed E-state index contributed by atoms with van der Waals surface area (Å²) in [6.07, 6.45) is 0.0322. The van der Waals surface area contributed by atoms with E-state index in [1.807, 2.05) is 4.90 Å². The fourth-order valence-corrected chi connectivity index (χ4v) is 4.73. The summed E-state index contributed by atoms with van der Waals surface area (Å²) in [6.45, 7) is 4.95. The number of benzene rings is 1. The van der Waals surface area contributed by atoms with E-state index in [9.17, 15) is 24.5 Å². The number of nitro benzene ring substituents is 1. The maximum Gasteiger partial charge on any atom is 0.330 e. The van der Waals surface area contributed by atoms with Gasteiger partial charge in [0.25, 0.3) is 5.69 Å². The van der Waals surface area contributed by atoms with Crippen LogP contribution in [0.5, 0.6) is 0 Å². The van der Waals surface area contributed by atoms with Crippen LogP contribution in [0.3, 0.4) is 0 Å². The average molecular weight is 388 g/mol. The number of urea groups is 1. The molecule has 0 aromatic heterocycles. The molecule has 3 aliphatic heterocycles. The third kappa shape index (κ3) is 2.40. The zero-order chi connectivity index (χ0) is 20.2. The molecule has 2 saturated heterocycles. The quantitative estimate of drug-likeness (QED) is 0.379. The molecule has 1 aromatic rings. The summed E-state index contributed by atoms with van der Waals surface area (Å²) in [6, 6.07) is 3.42. The first kappa shape index (κ1) is 18.4. The van der Waals surface area contributed by atoms with Crippen molar-refractivity contribution >= 4 is 29.2 Å². The number of barbiturate groups is 1. The van der Waals surface area contributed by atoms with Crippen molar-refractivity contribution in [2.75, 3.05) is 38.1 Å². The number of hydrogen-bond donors (Lipinski definition) is 2. The van der Waals surface area contributed by atoms with Crippen molar-refractivity contribution in [2.24, 2.45) is 5.41 Å². The number of carbonyl (C=O) groups excluding carboxylic acids is 3. The summed E-state index contributed by atoms with van der Waals surface area (Å²) >= 11 is 0. The zero-order valence-electron chi connectivity index (χ0n) is 15.7. The Balaban J connectivity index is 1.89. The minimum Gasteiger partial charge on any atom is -0.355 e. The van der Waals surface area contributed by atoms with Crippen LogP contribution in [-0.2, 0) is 16.0 Å². The average Bonchev–Trinajstić information content (AvgIpc) is 2.69. The first-order chi connectivity index (χ1) is 13.3. The van der Waals surface area contributed by atoms with Gasteiger partial charge in [0.05, 0.1) is 31.1 Å². The number of rotatable bonds is 2. The molecular weight excluding hydrogens is 366 g/mol. The van der Waals surface area contributed by atoms with E-state index in [0.717, 1.165) is 23.7 Å². The number of nitrogens with zero attached hydrogens (tertiary/aromatic N) is 3. The number of non-ortho nitro benzene ring substituents is 1. The predicted octanol–water partition coefficient (Wildman–Crippen LogP) is -1.06. The minimum absolute atomic E-state index is 0.0322. The standard InChI is InChI=1S/C18H21N5O5/c1-3-21-6-7-22-13-5-4-12(23(27)28)8-11(13)9-18(14(22)10-21)15(24)19-17(26)20(2)16(18)25/h4-5,8,14H,3,6-7,9-10H2,1-2H3,(H,19,24,26)/p+1/t14-,18+/m0/s1. The number of amides is 4. The fraction of sp³-hybridized carbons (Fsp3) is 0.500. The summed E-state index contributed by atoms with van der Waals surface area (Å²) in [7, 11) is 1.35. The van der Waals surface area contributed by atoms with Gasteiger partial charge in [-0.25, -0.2) is 4.79 Å². The smallest absolute Gasteiger partial charge is 0.330 e. The second kappa shape index (κ2) is 6.26. The molecule has 0 radical (unpaired) electrons. The largest absolute Gasteiger partial charge is 0.355 e. The van der Waals surface area contributed by atoms with Crippen LogP contribution in [0.15, 0.2) is 18.2 Å². The molecule has 1 aromatic carbocycles. The molecule has 0 aliphatic carbocycles. The van der Waals surface area contributed by atoms with Crippen molar-refractivity contribution < 1.29 is 24.2 Å². The highest BCUT2D eigenvalue weighted by Crippen LogP contribution is 2.45. The highest BCUT2D eigenvalue weighted by atomic mass is 16.6. The van der Waals surface area contributed by atoms with E-state index in [1.165, 1.54) is 24.1 Å². The summed E-state index contributed by atoms with van der Waals surface area (Å²) in [5, 5.41) is 13.5. The third-order valence-corrected chi connectivity index (χ3v) is 6.30. The van der Waals surface area contributed by atoms with E-state index in [4.69, 9.17) is 0 Å². The van der Waals surface area contributed by atoms with Gasteiger partial charge in [0, 0.05) is 31.3 Å². The second-order valence-electron chi connectivity index (χ2n) is 7.61. The number of nitro groups is 1. The molecule has 28 heavy (non-hydrogen) atoms. The van der Waals surface area contributed by atoms with E-state index >= 15 is 0 Å². The van der Waals surface area contributed by atoms with Crippen molar-refractivity contribution in [3.63, 3.8) is 0 Å². The SMILES string of the molecule is CC[NH+]1CCN2c3ccc([N+](=O)[O-])cc3C[C@]3(C(=O)NC(=O)N(C)C3=O)[C@@H]2C1. The predicted molar refractivity (Wildman–Crippen MR) is 97.9 cm³/mol. The molecule has 3 atom stereocenters. The van der Waals surface area contributed by atoms with Gasteiger partial charge in [-0.3, -0.25) is 29.9 Å². The Morgan fingerprint density at radius 3 is 2.79 bits per heavy atom. The lowest BCUT2D eigenvalue weighted by Crippen LogP contribution is -3.16. The van der Waals surface area contributed by atoms with E-state index in [1.54, 1.807) is 6.07 Å². The van der Waals surface area contributed by atoms with Crippen LogP contribution in [0.25, 0.3) is 0 Å². The van der Waals surface area contributed by atoms with Crippen LogP contribution in [-0.4, -0.2) is 66.9 Å². The van der Waals surface area contributed by atoms with Gasteiger partial charge in [-0.05, 0) is 18.6 Å². The number of anilines is 1. The van der Waals surface area contributed by atoms with Crippen LogP contribution in [0.1, 0.15) is 12.5 Å². The lowest BCUT2D eigenvalue weighted by Gasteiger charge is -2.53. The molecular formula is C18H22N5O5+. The highest BCUT2D eigenvalue weighted by molar-refractivity contribution is 6.20. The molecule has 0 saturated carbocycles. The van der Waals surface area contributed by atoms with Gasteiger partial charge in [-0.2, -0.15) is 0 Å². The summed E-state index contributed by atoms with van der Waals surface area (Å²) in [5.41, 5.74) is -0.169. The van der Waals surface area contributed by atoms with Crippen LogP contribution in [0, 0.1) is 15.5 Å². The van der Waals surface area contributed by atoms with Crippen molar-refractivity contribution in [1.82, 2.24) is 10.2 Å².